The van der Waals surface area contributed by atoms with Crippen LogP contribution in [0, 0.1) is 6.92 Å². The smallest absolute Gasteiger partial charge is 0.206 e. The highest BCUT2D eigenvalue weighted by molar-refractivity contribution is 7.89. The van der Waals surface area contributed by atoms with Gasteiger partial charge in [0.2, 0.25) is 0 Å². The minimum absolute atomic E-state index is 0.120. The monoisotopic (exact) mass is 252 g/mol. The second-order valence-corrected chi connectivity index (χ2v) is 6.53. The summed E-state index contributed by atoms with van der Waals surface area (Å²) in [6, 6.07) is 7.07. The summed E-state index contributed by atoms with van der Waals surface area (Å²) in [6.45, 7) is 2.83. The molecule has 0 amide bonds. The maximum Gasteiger partial charge on any atom is 0.257 e. The maximum atomic E-state index is 12.4. The molecule has 3 unspecified atom stereocenters. The second kappa shape index (κ2) is 3.80. The Hall–Kier alpha value is -0.910. The van der Waals surface area contributed by atoms with E-state index in [9.17, 15) is 8.42 Å². The molecule has 3 atom stereocenters. The van der Waals surface area contributed by atoms with E-state index in [2.05, 4.69) is 0 Å². The van der Waals surface area contributed by atoms with Crippen molar-refractivity contribution in [1.29, 1.82) is 0 Å². The van der Waals surface area contributed by atoms with E-state index < -0.39 is 10.0 Å². The first-order valence-corrected chi connectivity index (χ1v) is 7.42. The average Bonchev–Trinajstić information content (AvgIpc) is 3.04. The summed E-state index contributed by atoms with van der Waals surface area (Å²) in [5, 5.41) is 1.96. The molecule has 1 aromatic rings. The van der Waals surface area contributed by atoms with Crippen molar-refractivity contribution in [3.8, 4) is 0 Å². The molecule has 0 aromatic heterocycles. The van der Waals surface area contributed by atoms with Crippen molar-refractivity contribution in [2.24, 2.45) is 0 Å². The van der Waals surface area contributed by atoms with Gasteiger partial charge >= 0.3 is 0 Å². The third kappa shape index (κ3) is 1.78. The van der Waals surface area contributed by atoms with Crippen molar-refractivity contribution in [2.45, 2.75) is 37.2 Å². The molecular formula is C12H16N2O2S. The molecule has 4 nitrogen and oxygen atoms in total. The zero-order chi connectivity index (χ0) is 12.0. The number of piperidine rings is 1. The van der Waals surface area contributed by atoms with Gasteiger partial charge in [0.1, 0.15) is 6.17 Å². The third-order valence-electron chi connectivity index (χ3n) is 3.46. The van der Waals surface area contributed by atoms with E-state index in [4.69, 9.17) is 0 Å². The van der Waals surface area contributed by atoms with Gasteiger partial charge in [-0.2, -0.15) is 0 Å². The van der Waals surface area contributed by atoms with Gasteiger partial charge in [0.25, 0.3) is 10.0 Å². The zero-order valence-corrected chi connectivity index (χ0v) is 10.7. The van der Waals surface area contributed by atoms with Crippen LogP contribution < -0.4 is 0 Å². The van der Waals surface area contributed by atoms with Gasteiger partial charge < -0.3 is 0 Å². The summed E-state index contributed by atoms with van der Waals surface area (Å²) in [6.07, 6.45) is 3.30. The molecule has 92 valence electrons. The van der Waals surface area contributed by atoms with Gasteiger partial charge in [-0.15, -0.1) is 4.41 Å². The van der Waals surface area contributed by atoms with Crippen LogP contribution in [-0.4, -0.2) is 30.6 Å². The number of hydrogen-bond donors (Lipinski definition) is 0. The number of hydrogen-bond acceptors (Lipinski definition) is 3. The number of rotatable bonds is 2. The predicted octanol–water partition coefficient (Wildman–Crippen LogP) is 1.73. The summed E-state index contributed by atoms with van der Waals surface area (Å²) in [5.41, 5.74) is 1.08. The molecule has 2 aliphatic rings. The molecule has 0 radical (unpaired) electrons. The highest BCUT2D eigenvalue weighted by Crippen LogP contribution is 2.40. The van der Waals surface area contributed by atoms with E-state index in [0.717, 1.165) is 31.4 Å². The molecule has 0 saturated carbocycles. The van der Waals surface area contributed by atoms with Crippen LogP contribution in [0.1, 0.15) is 24.8 Å². The van der Waals surface area contributed by atoms with E-state index in [1.165, 1.54) is 0 Å². The van der Waals surface area contributed by atoms with Crippen LogP contribution in [0.3, 0.4) is 0 Å². The first kappa shape index (κ1) is 11.2. The molecule has 1 aromatic carbocycles. The average molecular weight is 252 g/mol. The fourth-order valence-electron chi connectivity index (χ4n) is 2.45. The van der Waals surface area contributed by atoms with Crippen molar-refractivity contribution in [2.75, 3.05) is 6.54 Å². The fraction of sp³-hybridized carbons (Fsp3) is 0.500. The first-order valence-electron chi connectivity index (χ1n) is 5.98. The highest BCUT2D eigenvalue weighted by atomic mass is 32.2. The molecule has 0 bridgehead atoms. The highest BCUT2D eigenvalue weighted by Gasteiger charge is 2.54. The molecular weight excluding hydrogens is 236 g/mol. The number of aryl methyl sites for hydroxylation is 1. The van der Waals surface area contributed by atoms with Crippen molar-refractivity contribution in [1.82, 2.24) is 9.42 Å². The van der Waals surface area contributed by atoms with E-state index in [1.807, 2.05) is 24.1 Å². The number of benzene rings is 1. The van der Waals surface area contributed by atoms with Crippen molar-refractivity contribution >= 4 is 10.0 Å². The lowest BCUT2D eigenvalue weighted by molar-refractivity contribution is 0.361. The Morgan fingerprint density at radius 2 is 1.88 bits per heavy atom. The summed E-state index contributed by atoms with van der Waals surface area (Å²) < 4.78 is 26.3. The summed E-state index contributed by atoms with van der Waals surface area (Å²) in [5.74, 6) is 0. The van der Waals surface area contributed by atoms with Crippen LogP contribution in [0.15, 0.2) is 29.2 Å². The van der Waals surface area contributed by atoms with E-state index in [0.29, 0.717) is 4.90 Å². The molecule has 17 heavy (non-hydrogen) atoms. The van der Waals surface area contributed by atoms with Crippen molar-refractivity contribution in [3.63, 3.8) is 0 Å². The lowest BCUT2D eigenvalue weighted by atomic mass is 10.2. The van der Waals surface area contributed by atoms with Crippen LogP contribution >= 0.6 is 0 Å². The predicted molar refractivity (Wildman–Crippen MR) is 64.5 cm³/mol. The second-order valence-electron chi connectivity index (χ2n) is 4.73. The van der Waals surface area contributed by atoms with E-state index in [-0.39, 0.29) is 6.17 Å². The molecule has 2 aliphatic heterocycles. The lowest BCUT2D eigenvalue weighted by Crippen LogP contribution is -2.17. The SMILES string of the molecule is Cc1ccc(S(=O)(=O)N2C3CCCCN32)cc1. The van der Waals surface area contributed by atoms with Gasteiger partial charge in [-0.3, -0.25) is 0 Å². The Morgan fingerprint density at radius 3 is 2.47 bits per heavy atom. The van der Waals surface area contributed by atoms with Gasteiger partial charge in [0.15, 0.2) is 0 Å². The van der Waals surface area contributed by atoms with Crippen LogP contribution in [0.25, 0.3) is 0 Å². The van der Waals surface area contributed by atoms with Crippen LogP contribution in [0.4, 0.5) is 0 Å². The topological polar surface area (TPSA) is 40.2 Å². The summed E-state index contributed by atoms with van der Waals surface area (Å²) in [7, 11) is -3.31. The van der Waals surface area contributed by atoms with Crippen LogP contribution in [0.2, 0.25) is 0 Å². The van der Waals surface area contributed by atoms with Crippen LogP contribution in [0.5, 0.6) is 0 Å². The van der Waals surface area contributed by atoms with Gasteiger partial charge in [-0.1, -0.05) is 17.7 Å². The molecule has 2 saturated heterocycles. The van der Waals surface area contributed by atoms with E-state index in [1.54, 1.807) is 16.5 Å². The minimum Gasteiger partial charge on any atom is -0.206 e. The largest absolute Gasteiger partial charge is 0.257 e. The Labute approximate surface area is 102 Å². The summed E-state index contributed by atoms with van der Waals surface area (Å²) >= 11 is 0. The Bertz CT molecular complexity index is 512. The van der Waals surface area contributed by atoms with Crippen molar-refractivity contribution < 1.29 is 8.42 Å². The minimum atomic E-state index is -3.31. The number of nitrogens with zero attached hydrogens (tertiary/aromatic N) is 2. The molecule has 3 rings (SSSR count). The standard InChI is InChI=1S/C12H16N2O2S/c1-10-5-7-11(8-6-10)17(15,16)14-12-4-2-3-9-13(12)14/h5-8,12H,2-4,9H2,1H3. The number of sulfonamides is 1. The quantitative estimate of drug-likeness (QED) is 0.753. The molecule has 5 heteroatoms. The van der Waals surface area contributed by atoms with Gasteiger partial charge in [-0.25, -0.2) is 13.4 Å². The molecule has 2 fully saturated rings. The Morgan fingerprint density at radius 1 is 1.18 bits per heavy atom. The summed E-state index contributed by atoms with van der Waals surface area (Å²) in [4.78, 5) is 0.400. The van der Waals surface area contributed by atoms with Crippen LogP contribution in [-0.2, 0) is 10.0 Å². The molecule has 0 spiro atoms. The zero-order valence-electron chi connectivity index (χ0n) is 9.83. The van der Waals surface area contributed by atoms with E-state index >= 15 is 0 Å². The maximum absolute atomic E-state index is 12.4. The van der Waals surface area contributed by atoms with Gasteiger partial charge in [0, 0.05) is 6.54 Å². The fourth-order valence-corrected chi connectivity index (χ4v) is 4.11. The Kier molecular flexibility index (Phi) is 2.50. The molecule has 2 heterocycles. The normalized spacial score (nSPS) is 31.9. The number of fused-ring (bicyclic) bond motifs is 1. The first-order chi connectivity index (χ1) is 8.10. The van der Waals surface area contributed by atoms with Gasteiger partial charge in [-0.05, 0) is 38.3 Å². The molecule has 0 aliphatic carbocycles. The third-order valence-corrected chi connectivity index (χ3v) is 5.28. The van der Waals surface area contributed by atoms with Gasteiger partial charge in [0.05, 0.1) is 4.90 Å². The number of hydrazine groups is 1. The lowest BCUT2D eigenvalue weighted by Gasteiger charge is -2.06. The molecule has 0 N–H and O–H groups in total. The Balaban J connectivity index is 1.89. The van der Waals surface area contributed by atoms with Crippen molar-refractivity contribution in [3.05, 3.63) is 29.8 Å².